The van der Waals surface area contributed by atoms with Crippen LogP contribution in [0.25, 0.3) is 0 Å². The molecule has 0 atom stereocenters. The molecule has 0 unspecified atom stereocenters. The molecule has 1 aromatic carbocycles. The first-order chi connectivity index (χ1) is 10.5. The molecule has 0 fully saturated rings. The van der Waals surface area contributed by atoms with Gasteiger partial charge in [0.2, 0.25) is 10.0 Å². The van der Waals surface area contributed by atoms with Crippen LogP contribution in [0.15, 0.2) is 24.3 Å². The number of H-pyrrole nitrogens is 1. The minimum absolute atomic E-state index is 0.126. The molecule has 0 radical (unpaired) electrons. The number of nitrogens with one attached hydrogen (secondary N) is 1. The molecule has 0 bridgehead atoms. The van der Waals surface area contributed by atoms with Gasteiger partial charge in [0.25, 0.3) is 0 Å². The van der Waals surface area contributed by atoms with Crippen molar-refractivity contribution in [2.45, 2.75) is 26.2 Å². The van der Waals surface area contributed by atoms with Crippen LogP contribution in [0.4, 0.5) is 10.2 Å². The topological polar surface area (TPSA) is 66.1 Å². The standard InChI is InChI=1S/C15H18FN3O2S/c1-11-13-6-4-9-19(15(13)18-17-11)22(20,21)10-8-12-5-2-3-7-14(12)16/h2-3,5,7H,4,6,8-10H2,1H3,(H,17,18). The van der Waals surface area contributed by atoms with Gasteiger partial charge in [0, 0.05) is 17.8 Å². The highest BCUT2D eigenvalue weighted by Gasteiger charge is 2.30. The van der Waals surface area contributed by atoms with Crippen LogP contribution in [0.2, 0.25) is 0 Å². The zero-order valence-electron chi connectivity index (χ0n) is 12.3. The minimum Gasteiger partial charge on any atom is -0.280 e. The molecule has 1 aliphatic rings. The summed E-state index contributed by atoms with van der Waals surface area (Å²) < 4.78 is 40.2. The number of sulfonamides is 1. The summed E-state index contributed by atoms with van der Waals surface area (Å²) in [5.41, 5.74) is 2.28. The van der Waals surface area contributed by atoms with Crippen LogP contribution in [-0.4, -0.2) is 30.9 Å². The van der Waals surface area contributed by atoms with Crippen LogP contribution in [0.1, 0.15) is 23.2 Å². The lowest BCUT2D eigenvalue weighted by Crippen LogP contribution is -2.37. The van der Waals surface area contributed by atoms with Crippen molar-refractivity contribution >= 4 is 15.8 Å². The fraction of sp³-hybridized carbons (Fsp3) is 0.400. The van der Waals surface area contributed by atoms with Crippen molar-refractivity contribution in [1.82, 2.24) is 10.2 Å². The molecule has 0 saturated heterocycles. The number of fused-ring (bicyclic) bond motifs is 1. The van der Waals surface area contributed by atoms with E-state index in [4.69, 9.17) is 0 Å². The lowest BCUT2D eigenvalue weighted by molar-refractivity contribution is 0.582. The van der Waals surface area contributed by atoms with Gasteiger partial charge in [0.1, 0.15) is 5.82 Å². The van der Waals surface area contributed by atoms with Gasteiger partial charge in [0.05, 0.1) is 5.75 Å². The SMILES string of the molecule is Cc1[nH]nc2c1CCCN2S(=O)(=O)CCc1ccccc1F. The van der Waals surface area contributed by atoms with Crippen molar-refractivity contribution in [2.24, 2.45) is 0 Å². The number of rotatable bonds is 4. The van der Waals surface area contributed by atoms with Gasteiger partial charge in [-0.1, -0.05) is 18.2 Å². The fourth-order valence-corrected chi connectivity index (χ4v) is 4.29. The second kappa shape index (κ2) is 5.72. The maximum absolute atomic E-state index is 13.6. The Morgan fingerprint density at radius 1 is 1.36 bits per heavy atom. The van der Waals surface area contributed by atoms with Crippen molar-refractivity contribution in [3.05, 3.63) is 46.9 Å². The van der Waals surface area contributed by atoms with E-state index >= 15 is 0 Å². The molecule has 0 amide bonds. The Morgan fingerprint density at radius 3 is 2.91 bits per heavy atom. The molecule has 2 heterocycles. The van der Waals surface area contributed by atoms with Crippen LogP contribution in [-0.2, 0) is 22.9 Å². The molecule has 22 heavy (non-hydrogen) atoms. The average molecular weight is 323 g/mol. The van der Waals surface area contributed by atoms with E-state index in [9.17, 15) is 12.8 Å². The van der Waals surface area contributed by atoms with Crippen molar-refractivity contribution in [3.63, 3.8) is 0 Å². The lowest BCUT2D eigenvalue weighted by Gasteiger charge is -2.27. The van der Waals surface area contributed by atoms with E-state index in [1.807, 2.05) is 6.92 Å². The van der Waals surface area contributed by atoms with Gasteiger partial charge in [-0.05, 0) is 37.8 Å². The molecule has 2 aromatic rings. The van der Waals surface area contributed by atoms with Crippen LogP contribution in [0, 0.1) is 12.7 Å². The Balaban J connectivity index is 1.81. The van der Waals surface area contributed by atoms with Crippen molar-refractivity contribution in [1.29, 1.82) is 0 Å². The van der Waals surface area contributed by atoms with E-state index < -0.39 is 10.0 Å². The number of aromatic amines is 1. The Bertz CT molecular complexity index is 786. The number of hydrogen-bond donors (Lipinski definition) is 1. The Labute approximate surface area is 129 Å². The first-order valence-electron chi connectivity index (χ1n) is 7.27. The molecular weight excluding hydrogens is 305 g/mol. The Hall–Kier alpha value is -1.89. The highest BCUT2D eigenvalue weighted by atomic mass is 32.2. The zero-order chi connectivity index (χ0) is 15.7. The quantitative estimate of drug-likeness (QED) is 0.938. The molecule has 1 aliphatic heterocycles. The normalized spacial score (nSPS) is 14.9. The summed E-state index contributed by atoms with van der Waals surface area (Å²) in [6, 6.07) is 6.26. The molecule has 0 spiro atoms. The number of aryl methyl sites for hydroxylation is 2. The first kappa shape index (κ1) is 15.0. The van der Waals surface area contributed by atoms with Gasteiger partial charge in [-0.25, -0.2) is 12.8 Å². The molecule has 118 valence electrons. The Morgan fingerprint density at radius 2 is 2.14 bits per heavy atom. The predicted molar refractivity (Wildman–Crippen MR) is 82.9 cm³/mol. The second-order valence-electron chi connectivity index (χ2n) is 5.48. The first-order valence-corrected chi connectivity index (χ1v) is 8.87. The lowest BCUT2D eigenvalue weighted by atomic mass is 10.1. The summed E-state index contributed by atoms with van der Waals surface area (Å²) >= 11 is 0. The molecule has 0 saturated carbocycles. The van der Waals surface area contributed by atoms with E-state index in [1.54, 1.807) is 18.2 Å². The smallest absolute Gasteiger partial charge is 0.236 e. The van der Waals surface area contributed by atoms with Crippen molar-refractivity contribution in [2.75, 3.05) is 16.6 Å². The summed E-state index contributed by atoms with van der Waals surface area (Å²) in [5, 5.41) is 6.97. The number of aromatic nitrogens is 2. The third-order valence-electron chi connectivity index (χ3n) is 4.00. The van der Waals surface area contributed by atoms with E-state index in [2.05, 4.69) is 10.2 Å². The summed E-state index contributed by atoms with van der Waals surface area (Å²) in [7, 11) is -3.51. The summed E-state index contributed by atoms with van der Waals surface area (Å²) in [6.45, 7) is 2.32. The summed E-state index contributed by atoms with van der Waals surface area (Å²) in [4.78, 5) is 0. The number of benzene rings is 1. The van der Waals surface area contributed by atoms with E-state index in [-0.39, 0.29) is 18.0 Å². The van der Waals surface area contributed by atoms with E-state index in [0.29, 0.717) is 17.9 Å². The maximum atomic E-state index is 13.6. The molecule has 7 heteroatoms. The zero-order valence-corrected chi connectivity index (χ0v) is 13.2. The van der Waals surface area contributed by atoms with Crippen LogP contribution in [0.5, 0.6) is 0 Å². The van der Waals surface area contributed by atoms with Gasteiger partial charge in [-0.3, -0.25) is 9.40 Å². The molecular formula is C15H18FN3O2S. The molecule has 0 aliphatic carbocycles. The maximum Gasteiger partial charge on any atom is 0.236 e. The largest absolute Gasteiger partial charge is 0.280 e. The Kier molecular flexibility index (Phi) is 3.90. The van der Waals surface area contributed by atoms with Crippen LogP contribution in [0.3, 0.4) is 0 Å². The van der Waals surface area contributed by atoms with Crippen molar-refractivity contribution < 1.29 is 12.8 Å². The van der Waals surface area contributed by atoms with Crippen LogP contribution < -0.4 is 4.31 Å². The predicted octanol–water partition coefficient (Wildman–Crippen LogP) is 2.18. The highest BCUT2D eigenvalue weighted by molar-refractivity contribution is 7.92. The summed E-state index contributed by atoms with van der Waals surface area (Å²) in [5.74, 6) is 0.00385. The van der Waals surface area contributed by atoms with E-state index in [0.717, 1.165) is 24.1 Å². The fourth-order valence-electron chi connectivity index (χ4n) is 2.77. The highest BCUT2D eigenvalue weighted by Crippen LogP contribution is 2.29. The third kappa shape index (κ3) is 2.72. The number of anilines is 1. The molecule has 3 rings (SSSR count). The molecule has 1 N–H and O–H groups in total. The minimum atomic E-state index is -3.51. The third-order valence-corrected chi connectivity index (χ3v) is 5.75. The number of nitrogens with zero attached hydrogens (tertiary/aromatic N) is 2. The van der Waals surface area contributed by atoms with E-state index in [1.165, 1.54) is 10.4 Å². The van der Waals surface area contributed by atoms with Gasteiger partial charge < -0.3 is 0 Å². The van der Waals surface area contributed by atoms with Crippen LogP contribution >= 0.6 is 0 Å². The monoisotopic (exact) mass is 323 g/mol. The average Bonchev–Trinajstić information content (AvgIpc) is 2.88. The van der Waals surface area contributed by atoms with Gasteiger partial charge in [-0.15, -0.1) is 0 Å². The number of halogens is 1. The molecule has 1 aromatic heterocycles. The molecule has 5 nitrogen and oxygen atoms in total. The van der Waals surface area contributed by atoms with Crippen molar-refractivity contribution in [3.8, 4) is 0 Å². The van der Waals surface area contributed by atoms with Gasteiger partial charge in [0.15, 0.2) is 5.82 Å². The van der Waals surface area contributed by atoms with Gasteiger partial charge >= 0.3 is 0 Å². The second-order valence-corrected chi connectivity index (χ2v) is 7.50. The number of hydrogen-bond acceptors (Lipinski definition) is 3. The van der Waals surface area contributed by atoms with Gasteiger partial charge in [-0.2, -0.15) is 5.10 Å². The summed E-state index contributed by atoms with van der Waals surface area (Å²) in [6.07, 6.45) is 1.76.